The van der Waals surface area contributed by atoms with Crippen molar-refractivity contribution in [1.82, 2.24) is 10.3 Å². The molecule has 2 aromatic heterocycles. The second kappa shape index (κ2) is 7.34. The van der Waals surface area contributed by atoms with Gasteiger partial charge in [0.1, 0.15) is 5.75 Å². The van der Waals surface area contributed by atoms with Gasteiger partial charge < -0.3 is 15.0 Å². The van der Waals surface area contributed by atoms with E-state index in [1.54, 1.807) is 18.4 Å². The molecule has 4 rings (SSSR count). The zero-order valence-corrected chi connectivity index (χ0v) is 17.1. The summed E-state index contributed by atoms with van der Waals surface area (Å²) in [4.78, 5) is 7.89. The Bertz CT molecular complexity index is 931. The van der Waals surface area contributed by atoms with Crippen LogP contribution in [0.4, 0.5) is 5.69 Å². The number of nitrogens with zero attached hydrogens (tertiary/aromatic N) is 2. The summed E-state index contributed by atoms with van der Waals surface area (Å²) in [6.45, 7) is 0. The fourth-order valence-electron chi connectivity index (χ4n) is 3.22. The predicted octanol–water partition coefficient (Wildman–Crippen LogP) is 5.09. The van der Waals surface area contributed by atoms with Gasteiger partial charge in [-0.15, -0.1) is 11.3 Å². The number of hydrogen-bond donors (Lipinski definition) is 1. The van der Waals surface area contributed by atoms with Crippen molar-refractivity contribution >= 4 is 50.3 Å². The molecule has 1 aliphatic heterocycles. The molecule has 0 spiro atoms. The number of para-hydroxylation sites is 2. The molecular weight excluding hydrogens is 430 g/mol. The van der Waals surface area contributed by atoms with Gasteiger partial charge in [0.25, 0.3) is 0 Å². The Morgan fingerprint density at radius 1 is 1.23 bits per heavy atom. The van der Waals surface area contributed by atoms with E-state index in [1.807, 2.05) is 48.7 Å². The van der Waals surface area contributed by atoms with E-state index in [4.69, 9.17) is 17.0 Å². The number of methoxy groups -OCH3 is 1. The van der Waals surface area contributed by atoms with Crippen LogP contribution in [0.25, 0.3) is 0 Å². The lowest BCUT2D eigenvalue weighted by atomic mass is 10.0. The number of ether oxygens (including phenoxy) is 1. The Kier molecular flexibility index (Phi) is 4.93. The molecule has 2 atom stereocenters. The topological polar surface area (TPSA) is 37.4 Å². The molecule has 1 aliphatic rings. The molecule has 0 aliphatic carbocycles. The first kappa shape index (κ1) is 17.5. The fourth-order valence-corrected chi connectivity index (χ4v) is 5.13. The summed E-state index contributed by atoms with van der Waals surface area (Å²) in [5, 5.41) is 6.21. The Hall–Kier alpha value is -1.96. The van der Waals surface area contributed by atoms with Crippen LogP contribution in [0.3, 0.4) is 0 Å². The Morgan fingerprint density at radius 2 is 2.04 bits per heavy atom. The lowest BCUT2D eigenvalue weighted by Gasteiger charge is -2.28. The highest BCUT2D eigenvalue weighted by Gasteiger charge is 2.42. The normalized spacial score (nSPS) is 19.5. The standard InChI is InChI=1S/C19H16BrN3OS2/c1-24-15-8-3-2-7-14(15)23-18(16-10-12(20)11-26-16)17(22-19(23)25)13-6-4-5-9-21-13/h2-11,17-18H,1H3,(H,22,25)/t17-,18+/m0/s1. The molecule has 0 radical (unpaired) electrons. The second-order valence-corrected chi connectivity index (χ2v) is 8.08. The number of rotatable bonds is 4. The molecular formula is C19H16BrN3OS2. The minimum Gasteiger partial charge on any atom is -0.495 e. The number of aromatic nitrogens is 1. The van der Waals surface area contributed by atoms with Crippen molar-refractivity contribution in [3.05, 3.63) is 75.2 Å². The maximum atomic E-state index is 5.72. The van der Waals surface area contributed by atoms with Crippen molar-refractivity contribution in [3.63, 3.8) is 0 Å². The van der Waals surface area contributed by atoms with Crippen LogP contribution in [0.1, 0.15) is 22.7 Å². The molecule has 3 aromatic rings. The summed E-state index contributed by atoms with van der Waals surface area (Å²) in [6, 6.07) is 16.0. The molecule has 0 bridgehead atoms. The minimum absolute atomic E-state index is 0.00926. The van der Waals surface area contributed by atoms with Gasteiger partial charge in [-0.1, -0.05) is 18.2 Å². The third-order valence-electron chi connectivity index (χ3n) is 4.32. The number of nitrogens with one attached hydrogen (secondary N) is 1. The van der Waals surface area contributed by atoms with Gasteiger partial charge in [0.05, 0.1) is 30.6 Å². The molecule has 3 heterocycles. The maximum absolute atomic E-state index is 5.72. The minimum atomic E-state index is -0.0424. The second-order valence-electron chi connectivity index (χ2n) is 5.84. The van der Waals surface area contributed by atoms with E-state index in [0.29, 0.717) is 5.11 Å². The number of thiophene rings is 1. The summed E-state index contributed by atoms with van der Waals surface area (Å²) in [5.74, 6) is 0.791. The molecule has 7 heteroatoms. The first-order valence-corrected chi connectivity index (χ1v) is 10.1. The fraction of sp³-hybridized carbons (Fsp3) is 0.158. The van der Waals surface area contributed by atoms with Crippen LogP contribution in [-0.4, -0.2) is 17.2 Å². The summed E-state index contributed by atoms with van der Waals surface area (Å²) >= 11 is 11.0. The predicted molar refractivity (Wildman–Crippen MR) is 113 cm³/mol. The first-order valence-electron chi connectivity index (χ1n) is 8.06. The molecule has 1 N–H and O–H groups in total. The lowest BCUT2D eigenvalue weighted by molar-refractivity contribution is 0.414. The monoisotopic (exact) mass is 445 g/mol. The Balaban J connectivity index is 1.85. The van der Waals surface area contributed by atoms with Gasteiger partial charge >= 0.3 is 0 Å². The highest BCUT2D eigenvalue weighted by Crippen LogP contribution is 2.46. The van der Waals surface area contributed by atoms with Crippen molar-refractivity contribution in [2.24, 2.45) is 0 Å². The van der Waals surface area contributed by atoms with Gasteiger partial charge in [0, 0.05) is 20.9 Å². The molecule has 1 aromatic carbocycles. The van der Waals surface area contributed by atoms with E-state index in [2.05, 4.69) is 42.6 Å². The van der Waals surface area contributed by atoms with Crippen molar-refractivity contribution < 1.29 is 4.74 Å². The van der Waals surface area contributed by atoms with Gasteiger partial charge in [0.2, 0.25) is 0 Å². The van der Waals surface area contributed by atoms with Gasteiger partial charge in [-0.2, -0.15) is 0 Å². The smallest absolute Gasteiger partial charge is 0.174 e. The third kappa shape index (κ3) is 3.11. The summed E-state index contributed by atoms with van der Waals surface area (Å²) in [5.41, 5.74) is 1.90. The molecule has 132 valence electrons. The summed E-state index contributed by atoms with van der Waals surface area (Å²) in [6.07, 6.45) is 1.81. The highest BCUT2D eigenvalue weighted by molar-refractivity contribution is 9.10. The van der Waals surface area contributed by atoms with Crippen molar-refractivity contribution in [2.45, 2.75) is 12.1 Å². The lowest BCUT2D eigenvalue weighted by Crippen LogP contribution is -2.29. The number of hydrogen-bond acceptors (Lipinski definition) is 4. The summed E-state index contributed by atoms with van der Waals surface area (Å²) in [7, 11) is 1.68. The average Bonchev–Trinajstić information content (AvgIpc) is 3.25. The van der Waals surface area contributed by atoms with Gasteiger partial charge in [0.15, 0.2) is 5.11 Å². The number of thiocarbonyl (C=S) groups is 1. The van der Waals surface area contributed by atoms with Crippen LogP contribution in [0, 0.1) is 0 Å². The van der Waals surface area contributed by atoms with E-state index >= 15 is 0 Å². The number of halogens is 1. The molecule has 1 fully saturated rings. The van der Waals surface area contributed by atoms with E-state index in [0.717, 1.165) is 21.6 Å². The zero-order chi connectivity index (χ0) is 18.1. The molecule has 0 saturated carbocycles. The number of benzene rings is 1. The Morgan fingerprint density at radius 3 is 2.73 bits per heavy atom. The number of anilines is 1. The average molecular weight is 446 g/mol. The third-order valence-corrected chi connectivity index (χ3v) is 6.40. The quantitative estimate of drug-likeness (QED) is 0.565. The SMILES string of the molecule is COc1ccccc1N1C(=S)N[C@@H](c2ccccn2)[C@H]1c1cc(Br)cs1. The van der Waals surface area contributed by atoms with Gasteiger partial charge in [-0.05, 0) is 58.5 Å². The van der Waals surface area contributed by atoms with Crippen LogP contribution in [0.2, 0.25) is 0 Å². The van der Waals surface area contributed by atoms with Crippen molar-refractivity contribution in [1.29, 1.82) is 0 Å². The van der Waals surface area contributed by atoms with Gasteiger partial charge in [-0.3, -0.25) is 4.98 Å². The van der Waals surface area contributed by atoms with E-state index in [-0.39, 0.29) is 12.1 Å². The Labute approximate surface area is 170 Å². The van der Waals surface area contributed by atoms with E-state index < -0.39 is 0 Å². The van der Waals surface area contributed by atoms with Crippen LogP contribution < -0.4 is 15.0 Å². The van der Waals surface area contributed by atoms with Crippen molar-refractivity contribution in [2.75, 3.05) is 12.0 Å². The first-order chi connectivity index (χ1) is 12.7. The highest BCUT2D eigenvalue weighted by atomic mass is 79.9. The largest absolute Gasteiger partial charge is 0.495 e. The molecule has 26 heavy (non-hydrogen) atoms. The summed E-state index contributed by atoms with van der Waals surface area (Å²) < 4.78 is 6.65. The van der Waals surface area contributed by atoms with Crippen LogP contribution in [-0.2, 0) is 0 Å². The molecule has 0 amide bonds. The van der Waals surface area contributed by atoms with Gasteiger partial charge in [-0.25, -0.2) is 0 Å². The van der Waals surface area contributed by atoms with Crippen LogP contribution >= 0.6 is 39.5 Å². The van der Waals surface area contributed by atoms with E-state index in [1.165, 1.54) is 4.88 Å². The molecule has 1 saturated heterocycles. The van der Waals surface area contributed by atoms with Crippen LogP contribution in [0.5, 0.6) is 5.75 Å². The maximum Gasteiger partial charge on any atom is 0.174 e. The van der Waals surface area contributed by atoms with E-state index in [9.17, 15) is 0 Å². The molecule has 4 nitrogen and oxygen atoms in total. The van der Waals surface area contributed by atoms with Crippen LogP contribution in [0.15, 0.2) is 64.6 Å². The zero-order valence-electron chi connectivity index (χ0n) is 13.9. The van der Waals surface area contributed by atoms with Crippen molar-refractivity contribution in [3.8, 4) is 5.75 Å². The molecule has 0 unspecified atom stereocenters. The number of pyridine rings is 1.